The molecule has 0 aliphatic heterocycles. The molecule has 0 unspecified atom stereocenters. The normalized spacial score (nSPS) is 10.4. The molecule has 2 aromatic carbocycles. The number of anilines is 2. The van der Waals surface area contributed by atoms with Crippen LogP contribution in [0.25, 0.3) is 22.4 Å². The molecule has 0 aliphatic carbocycles. The quantitative estimate of drug-likeness (QED) is 0.247. The number of carbonyl (C=O) groups excluding carboxylic acids is 1. The standard InChI is InChI=1S/C25H16Cl2N6OS2/c26-18-7-6-15(10-19(18)27)20-13-36-25(31-20)32-21(34)8-9-35-24-17(12-29)22(14-4-2-1-3-5-14)16(11-28)23(30)33-24/h1-7,10,13H,8-9H2,(H2,30,33)(H,31,32,34). The van der Waals surface area contributed by atoms with Gasteiger partial charge in [-0.25, -0.2) is 9.97 Å². The number of rotatable bonds is 7. The lowest BCUT2D eigenvalue weighted by atomic mass is 9.97. The molecule has 2 aromatic heterocycles. The molecule has 0 fully saturated rings. The molecule has 0 atom stereocenters. The first-order valence-electron chi connectivity index (χ1n) is 10.4. The SMILES string of the molecule is N#Cc1c(N)nc(SCCC(=O)Nc2nc(-c3ccc(Cl)c(Cl)c3)cs2)c(C#N)c1-c1ccccc1. The lowest BCUT2D eigenvalue weighted by Gasteiger charge is -2.12. The zero-order valence-electron chi connectivity index (χ0n) is 18.5. The first kappa shape index (κ1) is 25.5. The van der Waals surface area contributed by atoms with Gasteiger partial charge in [-0.05, 0) is 17.7 Å². The average Bonchev–Trinajstić information content (AvgIpc) is 3.34. The third-order valence-corrected chi connectivity index (χ3v) is 7.49. The highest BCUT2D eigenvalue weighted by atomic mass is 35.5. The number of aromatic nitrogens is 2. The number of carbonyl (C=O) groups is 1. The van der Waals surface area contributed by atoms with Crippen LogP contribution in [0.5, 0.6) is 0 Å². The van der Waals surface area contributed by atoms with Crippen LogP contribution in [0.15, 0.2) is 58.9 Å². The number of pyridine rings is 1. The molecule has 178 valence electrons. The van der Waals surface area contributed by atoms with Crippen molar-refractivity contribution in [2.75, 3.05) is 16.8 Å². The Bertz CT molecular complexity index is 1530. The topological polar surface area (TPSA) is 128 Å². The second kappa shape index (κ2) is 11.4. The lowest BCUT2D eigenvalue weighted by Crippen LogP contribution is -2.12. The maximum Gasteiger partial charge on any atom is 0.226 e. The van der Waals surface area contributed by atoms with Crippen molar-refractivity contribution in [3.8, 4) is 34.5 Å². The highest BCUT2D eigenvalue weighted by molar-refractivity contribution is 7.99. The van der Waals surface area contributed by atoms with E-state index in [0.717, 1.165) is 5.56 Å². The van der Waals surface area contributed by atoms with E-state index in [1.54, 1.807) is 30.3 Å². The molecule has 0 aliphatic rings. The largest absolute Gasteiger partial charge is 0.383 e. The van der Waals surface area contributed by atoms with Crippen LogP contribution in [0, 0.1) is 22.7 Å². The molecule has 2 heterocycles. The predicted octanol–water partition coefficient (Wildman–Crippen LogP) is 6.63. The zero-order valence-corrected chi connectivity index (χ0v) is 21.6. The second-order valence-corrected chi connectivity index (χ2v) is 10.1. The zero-order chi connectivity index (χ0) is 25.7. The Morgan fingerprint density at radius 3 is 2.47 bits per heavy atom. The van der Waals surface area contributed by atoms with E-state index in [2.05, 4.69) is 27.4 Å². The van der Waals surface area contributed by atoms with Crippen molar-refractivity contribution in [1.29, 1.82) is 10.5 Å². The Morgan fingerprint density at radius 2 is 1.78 bits per heavy atom. The fraction of sp³-hybridized carbons (Fsp3) is 0.0800. The first-order valence-corrected chi connectivity index (χ1v) is 13.1. The number of nitrogen functional groups attached to an aromatic ring is 1. The summed E-state index contributed by atoms with van der Waals surface area (Å²) in [6, 6.07) is 18.5. The fourth-order valence-corrected chi connectivity index (χ4v) is 5.31. The van der Waals surface area contributed by atoms with Gasteiger partial charge < -0.3 is 11.1 Å². The number of nitriles is 2. The van der Waals surface area contributed by atoms with Crippen molar-refractivity contribution < 1.29 is 4.79 Å². The van der Waals surface area contributed by atoms with Crippen molar-refractivity contribution in [3.63, 3.8) is 0 Å². The van der Waals surface area contributed by atoms with E-state index in [4.69, 9.17) is 28.9 Å². The summed E-state index contributed by atoms with van der Waals surface area (Å²) < 4.78 is 0. The summed E-state index contributed by atoms with van der Waals surface area (Å²) in [6.07, 6.45) is 0.152. The Labute approximate surface area is 225 Å². The Morgan fingerprint density at radius 1 is 1.03 bits per heavy atom. The number of nitrogens with zero attached hydrogens (tertiary/aromatic N) is 4. The molecular weight excluding hydrogens is 535 g/mol. The van der Waals surface area contributed by atoms with Gasteiger partial charge in [-0.1, -0.05) is 59.6 Å². The summed E-state index contributed by atoms with van der Waals surface area (Å²) >= 11 is 14.6. The summed E-state index contributed by atoms with van der Waals surface area (Å²) in [5.41, 5.74) is 9.05. The lowest BCUT2D eigenvalue weighted by molar-refractivity contribution is -0.115. The van der Waals surface area contributed by atoms with Gasteiger partial charge in [-0.15, -0.1) is 23.1 Å². The van der Waals surface area contributed by atoms with E-state index in [-0.39, 0.29) is 29.3 Å². The van der Waals surface area contributed by atoms with Crippen LogP contribution in [0.2, 0.25) is 10.0 Å². The molecule has 1 amide bonds. The number of nitrogens with one attached hydrogen (secondary N) is 1. The summed E-state index contributed by atoms with van der Waals surface area (Å²) in [7, 11) is 0. The second-order valence-electron chi connectivity index (χ2n) is 7.33. The van der Waals surface area contributed by atoms with Gasteiger partial charge in [0.15, 0.2) is 5.13 Å². The number of hydrogen-bond acceptors (Lipinski definition) is 8. The van der Waals surface area contributed by atoms with Gasteiger partial charge in [0.1, 0.15) is 28.5 Å². The highest BCUT2D eigenvalue weighted by Gasteiger charge is 2.20. The molecule has 7 nitrogen and oxygen atoms in total. The van der Waals surface area contributed by atoms with Crippen molar-refractivity contribution >= 4 is 63.2 Å². The predicted molar refractivity (Wildman–Crippen MR) is 145 cm³/mol. The van der Waals surface area contributed by atoms with Crippen molar-refractivity contribution in [3.05, 3.63) is 75.1 Å². The van der Waals surface area contributed by atoms with Gasteiger partial charge in [-0.2, -0.15) is 10.5 Å². The number of hydrogen-bond donors (Lipinski definition) is 2. The van der Waals surface area contributed by atoms with Crippen LogP contribution in [0.4, 0.5) is 10.9 Å². The van der Waals surface area contributed by atoms with Crippen LogP contribution in [-0.2, 0) is 4.79 Å². The van der Waals surface area contributed by atoms with Gasteiger partial charge in [0.05, 0.1) is 21.3 Å². The maximum atomic E-state index is 12.5. The average molecular weight is 551 g/mol. The molecule has 0 bridgehead atoms. The number of thiazole rings is 1. The fourth-order valence-electron chi connectivity index (χ4n) is 3.34. The molecule has 3 N–H and O–H groups in total. The molecule has 4 rings (SSSR count). The van der Waals surface area contributed by atoms with E-state index in [0.29, 0.717) is 42.8 Å². The number of amides is 1. The van der Waals surface area contributed by atoms with E-state index >= 15 is 0 Å². The molecular formula is C25H16Cl2N6OS2. The summed E-state index contributed by atoms with van der Waals surface area (Å²) in [5.74, 6) is 0.152. The maximum absolute atomic E-state index is 12.5. The first-order chi connectivity index (χ1) is 17.4. The monoisotopic (exact) mass is 550 g/mol. The molecule has 0 spiro atoms. The van der Waals surface area contributed by atoms with Crippen LogP contribution < -0.4 is 11.1 Å². The minimum absolute atomic E-state index is 0.0416. The van der Waals surface area contributed by atoms with E-state index in [1.165, 1.54) is 23.1 Å². The Hall–Kier alpha value is -3.60. The van der Waals surface area contributed by atoms with E-state index in [9.17, 15) is 15.3 Å². The number of benzene rings is 2. The third kappa shape index (κ3) is 5.62. The molecule has 36 heavy (non-hydrogen) atoms. The summed E-state index contributed by atoms with van der Waals surface area (Å²) in [6.45, 7) is 0. The van der Waals surface area contributed by atoms with E-state index in [1.807, 2.05) is 23.6 Å². The van der Waals surface area contributed by atoms with Gasteiger partial charge in [0.25, 0.3) is 0 Å². The van der Waals surface area contributed by atoms with Crippen LogP contribution >= 0.6 is 46.3 Å². The highest BCUT2D eigenvalue weighted by Crippen LogP contribution is 2.36. The molecule has 0 saturated carbocycles. The van der Waals surface area contributed by atoms with Crippen LogP contribution in [0.1, 0.15) is 17.5 Å². The number of thioether (sulfide) groups is 1. The van der Waals surface area contributed by atoms with Crippen molar-refractivity contribution in [2.45, 2.75) is 11.4 Å². The van der Waals surface area contributed by atoms with Gasteiger partial charge >= 0.3 is 0 Å². The Kier molecular flexibility index (Phi) is 8.09. The molecule has 4 aromatic rings. The summed E-state index contributed by atoms with van der Waals surface area (Å²) in [5, 5.41) is 25.8. The van der Waals surface area contributed by atoms with Gasteiger partial charge in [-0.3, -0.25) is 4.79 Å². The van der Waals surface area contributed by atoms with Crippen LogP contribution in [0.3, 0.4) is 0 Å². The molecule has 11 heteroatoms. The van der Waals surface area contributed by atoms with Crippen LogP contribution in [-0.4, -0.2) is 21.6 Å². The van der Waals surface area contributed by atoms with Crippen molar-refractivity contribution in [2.24, 2.45) is 0 Å². The van der Waals surface area contributed by atoms with Crippen molar-refractivity contribution in [1.82, 2.24) is 9.97 Å². The molecule has 0 radical (unpaired) electrons. The summed E-state index contributed by atoms with van der Waals surface area (Å²) in [4.78, 5) is 21.2. The Balaban J connectivity index is 1.45. The smallest absolute Gasteiger partial charge is 0.226 e. The molecule has 0 saturated heterocycles. The van der Waals surface area contributed by atoms with Gasteiger partial charge in [0, 0.05) is 28.7 Å². The number of nitrogens with two attached hydrogens (primary N) is 1. The van der Waals surface area contributed by atoms with E-state index < -0.39 is 0 Å². The number of halogens is 2. The minimum Gasteiger partial charge on any atom is -0.383 e. The minimum atomic E-state index is -0.235. The van der Waals surface area contributed by atoms with Gasteiger partial charge in [0.2, 0.25) is 5.91 Å². The third-order valence-electron chi connectivity index (χ3n) is 5.01.